The highest BCUT2D eigenvalue weighted by molar-refractivity contribution is 5.82. The predicted molar refractivity (Wildman–Crippen MR) is 92.9 cm³/mol. The van der Waals surface area contributed by atoms with Gasteiger partial charge in [-0.2, -0.15) is 0 Å². The smallest absolute Gasteiger partial charge is 0.223 e. The van der Waals surface area contributed by atoms with E-state index in [4.69, 9.17) is 9.47 Å². The van der Waals surface area contributed by atoms with Gasteiger partial charge < -0.3 is 14.8 Å². The summed E-state index contributed by atoms with van der Waals surface area (Å²) < 4.78 is 10.3. The zero-order valence-electron chi connectivity index (χ0n) is 13.9. The maximum absolute atomic E-state index is 12.2. The summed E-state index contributed by atoms with van der Waals surface area (Å²) in [6.45, 7) is 0.936. The summed E-state index contributed by atoms with van der Waals surface area (Å²) in [6, 6.07) is 18.1. The molecule has 126 valence electrons. The summed E-state index contributed by atoms with van der Waals surface area (Å²) >= 11 is 0. The van der Waals surface area contributed by atoms with Gasteiger partial charge in [-0.05, 0) is 42.0 Å². The van der Waals surface area contributed by atoms with Crippen molar-refractivity contribution in [1.82, 2.24) is 5.32 Å². The molecule has 2 aromatic carbocycles. The quantitative estimate of drug-likeness (QED) is 0.759. The van der Waals surface area contributed by atoms with Crippen LogP contribution in [0.1, 0.15) is 23.5 Å². The van der Waals surface area contributed by atoms with Crippen molar-refractivity contribution in [1.29, 1.82) is 0 Å². The second-order valence-corrected chi connectivity index (χ2v) is 6.10. The Morgan fingerprint density at radius 2 is 1.88 bits per heavy atom. The highest BCUT2D eigenvalue weighted by Gasteiger charge is 2.43. The molecule has 3 rings (SSSR count). The van der Waals surface area contributed by atoms with E-state index in [1.165, 1.54) is 11.1 Å². The molecule has 0 radical (unpaired) electrons. The maximum atomic E-state index is 12.2. The van der Waals surface area contributed by atoms with Gasteiger partial charge in [0, 0.05) is 19.6 Å². The zero-order chi connectivity index (χ0) is 16.8. The average Bonchev–Trinajstić information content (AvgIpc) is 3.42. The van der Waals surface area contributed by atoms with Crippen LogP contribution in [0.15, 0.2) is 54.6 Å². The first-order valence-electron chi connectivity index (χ1n) is 8.31. The summed E-state index contributed by atoms with van der Waals surface area (Å²) in [5.41, 5.74) is 2.44. The Morgan fingerprint density at radius 3 is 2.58 bits per heavy atom. The molecule has 0 aliphatic heterocycles. The van der Waals surface area contributed by atoms with Gasteiger partial charge >= 0.3 is 0 Å². The van der Waals surface area contributed by atoms with Crippen LogP contribution in [0.2, 0.25) is 0 Å². The summed E-state index contributed by atoms with van der Waals surface area (Å²) in [5.74, 6) is 1.38. The van der Waals surface area contributed by atoms with Gasteiger partial charge in [-0.1, -0.05) is 42.5 Å². The Kier molecular flexibility index (Phi) is 5.49. The molecule has 1 N–H and O–H groups in total. The van der Waals surface area contributed by atoms with E-state index in [1.54, 1.807) is 7.11 Å². The second-order valence-electron chi connectivity index (χ2n) is 6.10. The molecule has 1 fully saturated rings. The zero-order valence-corrected chi connectivity index (χ0v) is 13.9. The standard InChI is InChI=1S/C20H23NO3/c1-23-14-24-17-9-7-16(8-10-17)18-13-19(18)20(22)21-12-11-15-5-3-2-4-6-15/h2-10,18-19H,11-14H2,1H3,(H,21,22). The molecule has 24 heavy (non-hydrogen) atoms. The number of carbonyl (C=O) groups is 1. The second kappa shape index (κ2) is 7.97. The first-order chi connectivity index (χ1) is 11.8. The molecular weight excluding hydrogens is 302 g/mol. The Bertz CT molecular complexity index is 654. The molecule has 2 unspecified atom stereocenters. The molecule has 0 heterocycles. The Hall–Kier alpha value is -2.33. The molecule has 0 aromatic heterocycles. The Morgan fingerprint density at radius 1 is 1.12 bits per heavy atom. The number of rotatable bonds is 8. The number of hydrogen-bond donors (Lipinski definition) is 1. The molecule has 0 bridgehead atoms. The molecule has 2 atom stereocenters. The van der Waals surface area contributed by atoms with Crippen molar-refractivity contribution >= 4 is 5.91 Å². The number of hydrogen-bond acceptors (Lipinski definition) is 3. The molecule has 4 heteroatoms. The van der Waals surface area contributed by atoms with E-state index in [2.05, 4.69) is 17.4 Å². The third-order valence-electron chi connectivity index (χ3n) is 4.33. The van der Waals surface area contributed by atoms with E-state index in [0.29, 0.717) is 12.5 Å². The molecule has 1 aliphatic carbocycles. The number of carbonyl (C=O) groups excluding carboxylic acids is 1. The minimum Gasteiger partial charge on any atom is -0.468 e. The van der Waals surface area contributed by atoms with Crippen LogP contribution in [0.25, 0.3) is 0 Å². The van der Waals surface area contributed by atoms with Crippen molar-refractivity contribution < 1.29 is 14.3 Å². The fraction of sp³-hybridized carbons (Fsp3) is 0.350. The predicted octanol–water partition coefficient (Wildman–Crippen LogP) is 3.13. The summed E-state index contributed by atoms with van der Waals surface area (Å²) in [7, 11) is 1.60. The fourth-order valence-corrected chi connectivity index (χ4v) is 2.90. The van der Waals surface area contributed by atoms with Crippen molar-refractivity contribution in [3.63, 3.8) is 0 Å². The van der Waals surface area contributed by atoms with Crippen LogP contribution in [-0.2, 0) is 16.0 Å². The number of ether oxygens (including phenoxy) is 2. The van der Waals surface area contributed by atoms with Crippen LogP contribution in [-0.4, -0.2) is 26.4 Å². The molecule has 2 aromatic rings. The van der Waals surface area contributed by atoms with Gasteiger partial charge in [0.05, 0.1) is 0 Å². The number of methoxy groups -OCH3 is 1. The lowest BCUT2D eigenvalue weighted by molar-refractivity contribution is -0.122. The van der Waals surface area contributed by atoms with Crippen molar-refractivity contribution in [3.8, 4) is 5.75 Å². The van der Waals surface area contributed by atoms with Gasteiger partial charge in [0.1, 0.15) is 5.75 Å². The molecule has 0 spiro atoms. The fourth-order valence-electron chi connectivity index (χ4n) is 2.90. The van der Waals surface area contributed by atoms with Crippen molar-refractivity contribution in [2.24, 2.45) is 5.92 Å². The number of amides is 1. The maximum Gasteiger partial charge on any atom is 0.223 e. The van der Waals surface area contributed by atoms with Crippen LogP contribution in [0.3, 0.4) is 0 Å². The number of nitrogens with one attached hydrogen (secondary N) is 1. The Balaban J connectivity index is 1.43. The SMILES string of the molecule is COCOc1ccc(C2CC2C(=O)NCCc2ccccc2)cc1. The third-order valence-corrected chi connectivity index (χ3v) is 4.33. The van der Waals surface area contributed by atoms with E-state index in [9.17, 15) is 4.79 Å². The molecule has 1 amide bonds. The summed E-state index contributed by atoms with van der Waals surface area (Å²) in [4.78, 5) is 12.2. The average molecular weight is 325 g/mol. The van der Waals surface area contributed by atoms with Crippen molar-refractivity contribution in [3.05, 3.63) is 65.7 Å². The first kappa shape index (κ1) is 16.5. The van der Waals surface area contributed by atoms with Gasteiger partial charge in [0.25, 0.3) is 0 Å². The first-order valence-corrected chi connectivity index (χ1v) is 8.31. The lowest BCUT2D eigenvalue weighted by Gasteiger charge is -2.07. The van der Waals surface area contributed by atoms with Crippen LogP contribution >= 0.6 is 0 Å². The van der Waals surface area contributed by atoms with Crippen LogP contribution < -0.4 is 10.1 Å². The minimum absolute atomic E-state index is 0.103. The molecule has 1 aliphatic rings. The van der Waals surface area contributed by atoms with E-state index >= 15 is 0 Å². The van der Waals surface area contributed by atoms with E-state index in [0.717, 1.165) is 18.6 Å². The highest BCUT2D eigenvalue weighted by atomic mass is 16.7. The van der Waals surface area contributed by atoms with E-state index in [1.807, 2.05) is 42.5 Å². The van der Waals surface area contributed by atoms with Gasteiger partial charge in [0.2, 0.25) is 5.91 Å². The molecule has 0 saturated heterocycles. The summed E-state index contributed by atoms with van der Waals surface area (Å²) in [6.07, 6.45) is 1.80. The largest absolute Gasteiger partial charge is 0.468 e. The Labute approximate surface area is 142 Å². The van der Waals surface area contributed by atoms with Gasteiger partial charge in [-0.3, -0.25) is 4.79 Å². The molecular formula is C20H23NO3. The van der Waals surface area contributed by atoms with Gasteiger partial charge in [-0.25, -0.2) is 0 Å². The van der Waals surface area contributed by atoms with Crippen molar-refractivity contribution in [2.75, 3.05) is 20.4 Å². The monoisotopic (exact) mass is 325 g/mol. The summed E-state index contributed by atoms with van der Waals surface area (Å²) in [5, 5.41) is 3.05. The van der Waals surface area contributed by atoms with Crippen LogP contribution in [0.4, 0.5) is 0 Å². The van der Waals surface area contributed by atoms with Crippen molar-refractivity contribution in [2.45, 2.75) is 18.8 Å². The van der Waals surface area contributed by atoms with Crippen LogP contribution in [0.5, 0.6) is 5.75 Å². The normalized spacial score (nSPS) is 18.9. The minimum atomic E-state index is 0.103. The van der Waals surface area contributed by atoms with E-state index < -0.39 is 0 Å². The molecule has 4 nitrogen and oxygen atoms in total. The number of benzene rings is 2. The van der Waals surface area contributed by atoms with Gasteiger partial charge in [-0.15, -0.1) is 0 Å². The van der Waals surface area contributed by atoms with Crippen LogP contribution in [0, 0.1) is 5.92 Å². The lowest BCUT2D eigenvalue weighted by atomic mass is 10.1. The third kappa shape index (κ3) is 4.36. The van der Waals surface area contributed by atoms with E-state index in [-0.39, 0.29) is 18.6 Å². The van der Waals surface area contributed by atoms with Gasteiger partial charge in [0.15, 0.2) is 6.79 Å². The molecule has 1 saturated carbocycles. The lowest BCUT2D eigenvalue weighted by Crippen LogP contribution is -2.27. The topological polar surface area (TPSA) is 47.6 Å². The highest BCUT2D eigenvalue weighted by Crippen LogP contribution is 2.47.